The summed E-state index contributed by atoms with van der Waals surface area (Å²) in [7, 11) is 1.75. The zero-order valence-corrected chi connectivity index (χ0v) is 9.84. The number of hydrogen-bond acceptors (Lipinski definition) is 4. The molecule has 2 heterocycles. The van der Waals surface area contributed by atoms with Crippen LogP contribution in [0.4, 0.5) is 0 Å². The van der Waals surface area contributed by atoms with E-state index in [0.29, 0.717) is 4.60 Å². The summed E-state index contributed by atoms with van der Waals surface area (Å²) < 4.78 is 2.18. The van der Waals surface area contributed by atoms with Crippen molar-refractivity contribution in [2.45, 2.75) is 0 Å². The van der Waals surface area contributed by atoms with Crippen LogP contribution < -0.4 is 0 Å². The van der Waals surface area contributed by atoms with Crippen LogP contribution in [-0.4, -0.2) is 31.1 Å². The first-order chi connectivity index (χ1) is 7.59. The van der Waals surface area contributed by atoms with Gasteiger partial charge in [-0.25, -0.2) is 14.5 Å². The molecule has 2 aromatic heterocycles. The van der Waals surface area contributed by atoms with Crippen molar-refractivity contribution in [1.29, 1.82) is 0 Å². The highest BCUT2D eigenvalue weighted by atomic mass is 79.9. The van der Waals surface area contributed by atoms with E-state index in [2.05, 4.69) is 31.2 Å². The molecule has 0 unspecified atom stereocenters. The second-order valence-corrected chi connectivity index (χ2v) is 3.84. The van der Waals surface area contributed by atoms with Crippen molar-refractivity contribution in [3.8, 4) is 11.3 Å². The summed E-state index contributed by atoms with van der Waals surface area (Å²) in [6, 6.07) is 3.11. The molecule has 0 atom stereocenters. The maximum atomic E-state index is 10.6. The lowest BCUT2D eigenvalue weighted by molar-refractivity contribution is 0.0690. The molecular weight excluding hydrogens is 276 g/mol. The lowest BCUT2D eigenvalue weighted by Crippen LogP contribution is -2.00. The standard InChI is InChI=1S/C9H7BrN4O2/c1-14-7(8(10)12-13-14)5-2-3-6(9(15)16)11-4-5/h2-4H,1H3,(H,15,16). The number of rotatable bonds is 2. The van der Waals surface area contributed by atoms with Gasteiger partial charge in [-0.2, -0.15) is 0 Å². The molecular formula is C9H7BrN4O2. The first-order valence-corrected chi connectivity index (χ1v) is 5.14. The van der Waals surface area contributed by atoms with E-state index in [1.54, 1.807) is 17.8 Å². The Morgan fingerprint density at radius 3 is 2.69 bits per heavy atom. The van der Waals surface area contributed by atoms with Crippen molar-refractivity contribution in [3.63, 3.8) is 0 Å². The van der Waals surface area contributed by atoms with Gasteiger partial charge in [-0.3, -0.25) is 0 Å². The van der Waals surface area contributed by atoms with Crippen LogP contribution in [0, 0.1) is 0 Å². The van der Waals surface area contributed by atoms with Gasteiger partial charge in [0.1, 0.15) is 11.4 Å². The average Bonchev–Trinajstić information content (AvgIpc) is 2.59. The van der Waals surface area contributed by atoms with E-state index < -0.39 is 5.97 Å². The van der Waals surface area contributed by atoms with Crippen LogP contribution in [0.1, 0.15) is 10.5 Å². The van der Waals surface area contributed by atoms with E-state index in [1.165, 1.54) is 12.3 Å². The quantitative estimate of drug-likeness (QED) is 0.899. The maximum Gasteiger partial charge on any atom is 0.354 e. The Hall–Kier alpha value is -1.76. The number of carboxylic acids is 1. The Bertz CT molecular complexity index is 515. The fourth-order valence-electron chi connectivity index (χ4n) is 1.30. The minimum atomic E-state index is -1.05. The number of hydrogen-bond donors (Lipinski definition) is 1. The second-order valence-electron chi connectivity index (χ2n) is 3.09. The fraction of sp³-hybridized carbons (Fsp3) is 0.111. The number of aromatic nitrogens is 4. The van der Waals surface area contributed by atoms with Gasteiger partial charge in [0.25, 0.3) is 0 Å². The third-order valence-corrected chi connectivity index (χ3v) is 2.58. The minimum Gasteiger partial charge on any atom is -0.477 e. The van der Waals surface area contributed by atoms with Gasteiger partial charge in [-0.05, 0) is 28.1 Å². The van der Waals surface area contributed by atoms with E-state index in [-0.39, 0.29) is 5.69 Å². The smallest absolute Gasteiger partial charge is 0.354 e. The molecule has 2 rings (SSSR count). The van der Waals surface area contributed by atoms with Gasteiger partial charge in [-0.15, -0.1) is 5.10 Å². The Kier molecular flexibility index (Phi) is 2.69. The second kappa shape index (κ2) is 4.01. The van der Waals surface area contributed by atoms with Crippen LogP contribution in [0.2, 0.25) is 0 Å². The van der Waals surface area contributed by atoms with Crippen molar-refractivity contribution in [2.24, 2.45) is 7.05 Å². The first kappa shape index (κ1) is 10.7. The predicted molar refractivity (Wildman–Crippen MR) is 58.9 cm³/mol. The van der Waals surface area contributed by atoms with Crippen molar-refractivity contribution in [3.05, 3.63) is 28.6 Å². The highest BCUT2D eigenvalue weighted by molar-refractivity contribution is 9.10. The van der Waals surface area contributed by atoms with E-state index in [0.717, 1.165) is 11.3 Å². The molecule has 0 aliphatic heterocycles. The predicted octanol–water partition coefficient (Wildman–Crippen LogP) is 1.34. The van der Waals surface area contributed by atoms with Gasteiger partial charge >= 0.3 is 5.97 Å². The maximum absolute atomic E-state index is 10.6. The number of nitrogens with zero attached hydrogens (tertiary/aromatic N) is 4. The number of pyridine rings is 1. The summed E-state index contributed by atoms with van der Waals surface area (Å²) in [5.41, 5.74) is 1.52. The number of aryl methyl sites for hydroxylation is 1. The molecule has 0 aliphatic carbocycles. The molecule has 6 nitrogen and oxygen atoms in total. The number of aromatic carboxylic acids is 1. The Morgan fingerprint density at radius 1 is 1.50 bits per heavy atom. The normalized spacial score (nSPS) is 10.4. The lowest BCUT2D eigenvalue weighted by Gasteiger charge is -2.01. The molecule has 0 fully saturated rings. The number of halogens is 1. The van der Waals surface area contributed by atoms with Crippen molar-refractivity contribution in [2.75, 3.05) is 0 Å². The summed E-state index contributed by atoms with van der Waals surface area (Å²) in [5.74, 6) is -1.05. The lowest BCUT2D eigenvalue weighted by atomic mass is 10.2. The van der Waals surface area contributed by atoms with E-state index >= 15 is 0 Å². The van der Waals surface area contributed by atoms with Crippen LogP contribution in [-0.2, 0) is 7.05 Å². The Balaban J connectivity index is 2.46. The molecule has 0 radical (unpaired) electrons. The molecule has 0 amide bonds. The van der Waals surface area contributed by atoms with E-state index in [4.69, 9.17) is 5.11 Å². The van der Waals surface area contributed by atoms with Crippen molar-refractivity contribution < 1.29 is 9.90 Å². The van der Waals surface area contributed by atoms with Gasteiger partial charge < -0.3 is 5.11 Å². The fourth-order valence-corrected chi connectivity index (χ4v) is 1.85. The molecule has 1 N–H and O–H groups in total. The Labute approximate surface area is 99.1 Å². The Morgan fingerprint density at radius 2 is 2.25 bits per heavy atom. The topological polar surface area (TPSA) is 80.9 Å². The molecule has 16 heavy (non-hydrogen) atoms. The van der Waals surface area contributed by atoms with Crippen LogP contribution in [0.25, 0.3) is 11.3 Å². The highest BCUT2D eigenvalue weighted by Gasteiger charge is 2.11. The summed E-state index contributed by atoms with van der Waals surface area (Å²) in [6.07, 6.45) is 1.48. The van der Waals surface area contributed by atoms with Gasteiger partial charge in [0, 0.05) is 18.8 Å². The van der Waals surface area contributed by atoms with E-state index in [9.17, 15) is 4.79 Å². The first-order valence-electron chi connectivity index (χ1n) is 4.34. The molecule has 7 heteroatoms. The molecule has 2 aromatic rings. The summed E-state index contributed by atoms with van der Waals surface area (Å²) >= 11 is 3.26. The molecule has 0 bridgehead atoms. The third kappa shape index (κ3) is 1.81. The van der Waals surface area contributed by atoms with E-state index in [1.807, 2.05) is 0 Å². The number of carboxylic acid groups (broad SMARTS) is 1. The molecule has 0 aromatic carbocycles. The van der Waals surface area contributed by atoms with Gasteiger partial charge in [0.15, 0.2) is 4.60 Å². The number of carbonyl (C=O) groups is 1. The van der Waals surface area contributed by atoms with Gasteiger partial charge in [-0.1, -0.05) is 5.21 Å². The van der Waals surface area contributed by atoms with Crippen LogP contribution in [0.5, 0.6) is 0 Å². The monoisotopic (exact) mass is 282 g/mol. The minimum absolute atomic E-state index is 0.00926. The molecule has 82 valence electrons. The summed E-state index contributed by atoms with van der Waals surface area (Å²) in [6.45, 7) is 0. The van der Waals surface area contributed by atoms with Crippen LogP contribution in [0.15, 0.2) is 22.9 Å². The molecule has 0 saturated carbocycles. The SMILES string of the molecule is Cn1nnc(Br)c1-c1ccc(C(=O)O)nc1. The van der Waals surface area contributed by atoms with Crippen molar-refractivity contribution in [1.82, 2.24) is 20.0 Å². The largest absolute Gasteiger partial charge is 0.477 e. The van der Waals surface area contributed by atoms with Crippen molar-refractivity contribution >= 4 is 21.9 Å². The van der Waals surface area contributed by atoms with Crippen LogP contribution in [0.3, 0.4) is 0 Å². The summed E-state index contributed by atoms with van der Waals surface area (Å²) in [5, 5.41) is 16.4. The van der Waals surface area contributed by atoms with Gasteiger partial charge in [0.2, 0.25) is 0 Å². The third-order valence-electron chi connectivity index (χ3n) is 2.04. The zero-order valence-electron chi connectivity index (χ0n) is 8.25. The zero-order chi connectivity index (χ0) is 11.7. The highest BCUT2D eigenvalue weighted by Crippen LogP contribution is 2.24. The van der Waals surface area contributed by atoms with Gasteiger partial charge in [0.05, 0.1) is 0 Å². The molecule has 0 aliphatic rings. The average molecular weight is 283 g/mol. The summed E-state index contributed by atoms with van der Waals surface area (Å²) in [4.78, 5) is 14.5. The molecule has 0 saturated heterocycles. The van der Waals surface area contributed by atoms with Crippen LogP contribution >= 0.6 is 15.9 Å². The molecule has 0 spiro atoms.